The second-order valence-corrected chi connectivity index (χ2v) is 6.35. The molecule has 0 fully saturated rings. The van der Waals surface area contributed by atoms with E-state index in [4.69, 9.17) is 0 Å². The smallest absolute Gasteiger partial charge is 0.238 e. The Morgan fingerprint density at radius 2 is 1.90 bits per heavy atom. The van der Waals surface area contributed by atoms with E-state index in [0.29, 0.717) is 0 Å². The summed E-state index contributed by atoms with van der Waals surface area (Å²) in [7, 11) is 0. The summed E-state index contributed by atoms with van der Waals surface area (Å²) in [5.74, 6) is 0.267. The molecule has 3 heteroatoms. The normalized spacial score (nSPS) is 21.8. The minimum atomic E-state index is -0.166. The van der Waals surface area contributed by atoms with Crippen LogP contribution in [0.4, 0.5) is 5.69 Å². The maximum atomic E-state index is 12.1. The lowest BCUT2D eigenvalue weighted by Crippen LogP contribution is -2.21. The van der Waals surface area contributed by atoms with Crippen molar-refractivity contribution >= 4 is 27.5 Å². The highest BCUT2D eigenvalue weighted by Crippen LogP contribution is 2.38. The number of carbonyl (C=O) groups is 1. The van der Waals surface area contributed by atoms with Crippen LogP contribution in [0.25, 0.3) is 0 Å². The van der Waals surface area contributed by atoms with E-state index in [9.17, 15) is 4.79 Å². The second-order valence-electron chi connectivity index (χ2n) is 5.25. The molecule has 3 rings (SSSR count). The number of anilines is 1. The third-order valence-corrected chi connectivity index (χ3v) is 4.56. The van der Waals surface area contributed by atoms with Gasteiger partial charge in [0, 0.05) is 11.6 Å². The van der Waals surface area contributed by atoms with E-state index in [1.54, 1.807) is 0 Å². The third kappa shape index (κ3) is 2.50. The summed E-state index contributed by atoms with van der Waals surface area (Å²) in [6.07, 6.45) is 0.770. The van der Waals surface area contributed by atoms with Gasteiger partial charge in [0.1, 0.15) is 0 Å². The van der Waals surface area contributed by atoms with E-state index < -0.39 is 0 Å². The molecular weight excluding hydrogens is 314 g/mol. The van der Waals surface area contributed by atoms with Crippen molar-refractivity contribution in [2.45, 2.75) is 24.1 Å². The van der Waals surface area contributed by atoms with Gasteiger partial charge in [-0.2, -0.15) is 0 Å². The molecule has 1 aliphatic rings. The van der Waals surface area contributed by atoms with Crippen LogP contribution in [0.1, 0.15) is 29.0 Å². The fraction of sp³-hybridized carbons (Fsp3) is 0.235. The molecule has 2 atom stereocenters. The lowest BCUT2D eigenvalue weighted by molar-refractivity contribution is -0.115. The number of hydrogen-bond donors (Lipinski definition) is 1. The molecule has 1 heterocycles. The Morgan fingerprint density at radius 1 is 1.15 bits per heavy atom. The first-order chi connectivity index (χ1) is 9.65. The topological polar surface area (TPSA) is 29.1 Å². The first kappa shape index (κ1) is 13.4. The fourth-order valence-electron chi connectivity index (χ4n) is 2.74. The highest BCUT2D eigenvalue weighted by molar-refractivity contribution is 9.10. The summed E-state index contributed by atoms with van der Waals surface area (Å²) in [6.45, 7) is 2.08. The van der Waals surface area contributed by atoms with Crippen LogP contribution in [0.2, 0.25) is 0 Å². The van der Waals surface area contributed by atoms with Gasteiger partial charge in [-0.3, -0.25) is 4.79 Å². The molecule has 2 aromatic rings. The molecule has 0 unspecified atom stereocenters. The van der Waals surface area contributed by atoms with Crippen molar-refractivity contribution in [3.05, 3.63) is 65.2 Å². The largest absolute Gasteiger partial charge is 0.325 e. The SMILES string of the molecule is Cc1ccc2c(c1)[C@@H](c1ccccc1)C[C@@H](Br)C(=O)N2. The zero-order chi connectivity index (χ0) is 14.1. The van der Waals surface area contributed by atoms with Gasteiger partial charge in [0.2, 0.25) is 5.91 Å². The Bertz CT molecular complexity index is 639. The zero-order valence-corrected chi connectivity index (χ0v) is 12.9. The molecule has 2 nitrogen and oxygen atoms in total. The van der Waals surface area contributed by atoms with Crippen LogP contribution in [0.5, 0.6) is 0 Å². The van der Waals surface area contributed by atoms with Gasteiger partial charge in [0.05, 0.1) is 4.83 Å². The van der Waals surface area contributed by atoms with Crippen LogP contribution in [-0.2, 0) is 4.79 Å². The van der Waals surface area contributed by atoms with Crippen molar-refractivity contribution in [2.24, 2.45) is 0 Å². The van der Waals surface area contributed by atoms with E-state index in [2.05, 4.69) is 46.4 Å². The van der Waals surface area contributed by atoms with Crippen molar-refractivity contribution in [1.82, 2.24) is 0 Å². The number of nitrogens with one attached hydrogen (secondary N) is 1. The molecule has 1 N–H and O–H groups in total. The van der Waals surface area contributed by atoms with E-state index in [-0.39, 0.29) is 16.7 Å². The Balaban J connectivity index is 2.13. The Morgan fingerprint density at radius 3 is 2.65 bits per heavy atom. The van der Waals surface area contributed by atoms with Gasteiger partial charge in [0.15, 0.2) is 0 Å². The quantitative estimate of drug-likeness (QED) is 0.779. The molecule has 0 radical (unpaired) electrons. The van der Waals surface area contributed by atoms with Gasteiger partial charge in [-0.05, 0) is 30.5 Å². The maximum Gasteiger partial charge on any atom is 0.238 e. The summed E-state index contributed by atoms with van der Waals surface area (Å²) in [4.78, 5) is 11.9. The minimum absolute atomic E-state index is 0.0357. The summed E-state index contributed by atoms with van der Waals surface area (Å²) >= 11 is 3.51. The molecule has 0 saturated carbocycles. The summed E-state index contributed by atoms with van der Waals surface area (Å²) < 4.78 is 0. The van der Waals surface area contributed by atoms with Crippen LogP contribution in [0, 0.1) is 6.92 Å². The number of rotatable bonds is 1. The maximum absolute atomic E-state index is 12.1. The number of halogens is 1. The predicted octanol–water partition coefficient (Wildman–Crippen LogP) is 4.23. The van der Waals surface area contributed by atoms with Crippen molar-refractivity contribution in [2.75, 3.05) is 5.32 Å². The van der Waals surface area contributed by atoms with Crippen LogP contribution < -0.4 is 5.32 Å². The minimum Gasteiger partial charge on any atom is -0.325 e. The average molecular weight is 330 g/mol. The third-order valence-electron chi connectivity index (χ3n) is 3.77. The van der Waals surface area contributed by atoms with Crippen LogP contribution in [-0.4, -0.2) is 10.7 Å². The van der Waals surface area contributed by atoms with E-state index >= 15 is 0 Å². The van der Waals surface area contributed by atoms with Gasteiger partial charge in [-0.15, -0.1) is 0 Å². The van der Waals surface area contributed by atoms with Gasteiger partial charge < -0.3 is 5.32 Å². The van der Waals surface area contributed by atoms with Gasteiger partial charge >= 0.3 is 0 Å². The van der Waals surface area contributed by atoms with Gasteiger partial charge in [-0.25, -0.2) is 0 Å². The highest BCUT2D eigenvalue weighted by Gasteiger charge is 2.29. The molecule has 0 bridgehead atoms. The van der Waals surface area contributed by atoms with Crippen molar-refractivity contribution in [1.29, 1.82) is 0 Å². The van der Waals surface area contributed by atoms with Crippen molar-refractivity contribution < 1.29 is 4.79 Å². The molecule has 0 aromatic heterocycles. The van der Waals surface area contributed by atoms with Crippen molar-refractivity contribution in [3.63, 3.8) is 0 Å². The first-order valence-corrected chi connectivity index (χ1v) is 7.67. The Labute approximate surface area is 127 Å². The molecular formula is C17H16BrNO. The molecule has 1 aliphatic heterocycles. The number of aryl methyl sites for hydroxylation is 1. The lowest BCUT2D eigenvalue weighted by atomic mass is 9.87. The zero-order valence-electron chi connectivity index (χ0n) is 11.3. The first-order valence-electron chi connectivity index (χ1n) is 6.75. The Hall–Kier alpha value is -1.61. The number of alkyl halides is 1. The monoisotopic (exact) mass is 329 g/mol. The number of carbonyl (C=O) groups excluding carboxylic acids is 1. The standard InChI is InChI=1S/C17H16BrNO/c1-11-7-8-16-14(9-11)13(10-15(18)17(20)19-16)12-5-3-2-4-6-12/h2-9,13,15H,10H2,1H3,(H,19,20)/t13-,15-/m1/s1. The number of fused-ring (bicyclic) bond motifs is 1. The summed E-state index contributed by atoms with van der Waals surface area (Å²) in [5, 5.41) is 3.01. The highest BCUT2D eigenvalue weighted by atomic mass is 79.9. The van der Waals surface area contributed by atoms with Crippen LogP contribution in [0.15, 0.2) is 48.5 Å². The molecule has 2 aromatic carbocycles. The lowest BCUT2D eigenvalue weighted by Gasteiger charge is -2.19. The van der Waals surface area contributed by atoms with Crippen LogP contribution >= 0.6 is 15.9 Å². The molecule has 0 aliphatic carbocycles. The molecule has 0 spiro atoms. The number of amides is 1. The number of hydrogen-bond acceptors (Lipinski definition) is 1. The summed E-state index contributed by atoms with van der Waals surface area (Å²) in [5.41, 5.74) is 4.59. The van der Waals surface area contributed by atoms with E-state index in [1.807, 2.05) is 30.3 Å². The van der Waals surface area contributed by atoms with Crippen molar-refractivity contribution in [3.8, 4) is 0 Å². The molecule has 102 valence electrons. The van der Waals surface area contributed by atoms with Gasteiger partial charge in [-0.1, -0.05) is 64.0 Å². The fourth-order valence-corrected chi connectivity index (χ4v) is 3.23. The number of benzene rings is 2. The van der Waals surface area contributed by atoms with Gasteiger partial charge in [0.25, 0.3) is 0 Å². The Kier molecular flexibility index (Phi) is 3.62. The van der Waals surface area contributed by atoms with Crippen LogP contribution in [0.3, 0.4) is 0 Å². The average Bonchev–Trinajstić information content (AvgIpc) is 2.58. The van der Waals surface area contributed by atoms with E-state index in [1.165, 1.54) is 16.7 Å². The second kappa shape index (κ2) is 5.41. The predicted molar refractivity (Wildman–Crippen MR) is 85.4 cm³/mol. The summed E-state index contributed by atoms with van der Waals surface area (Å²) in [6, 6.07) is 16.6. The molecule has 1 amide bonds. The molecule has 0 saturated heterocycles. The van der Waals surface area contributed by atoms with E-state index in [0.717, 1.165) is 12.1 Å². The molecule has 20 heavy (non-hydrogen) atoms.